The molecule has 1 N–H and O–H groups in total. The molecule has 1 aromatic heterocycles. The maximum atomic E-state index is 12.4. The zero-order chi connectivity index (χ0) is 17.2. The van der Waals surface area contributed by atoms with Gasteiger partial charge in [-0.3, -0.25) is 14.7 Å². The average molecular weight is 339 g/mol. The van der Waals surface area contributed by atoms with Crippen LogP contribution in [0.2, 0.25) is 0 Å². The molecule has 1 aliphatic heterocycles. The predicted octanol–water partition coefficient (Wildman–Crippen LogP) is 2.15. The van der Waals surface area contributed by atoms with Gasteiger partial charge >= 0.3 is 0 Å². The fourth-order valence-electron chi connectivity index (χ4n) is 4.03. The standard InChI is InChI=1S/C19H21N3O3/c23-16-3-1-13(2-4-16)18(24)12-22-10-14-7-17(8-15(14)11-22)25-19-9-20-5-6-21-19/h1-6,9,14-15,17,23H,7-8,10-12H2/t14-,15+,17+. The van der Waals surface area contributed by atoms with Gasteiger partial charge in [-0.1, -0.05) is 0 Å². The Balaban J connectivity index is 1.29. The second kappa shape index (κ2) is 6.80. The highest BCUT2D eigenvalue weighted by Crippen LogP contribution is 2.39. The Morgan fingerprint density at radius 1 is 1.16 bits per heavy atom. The lowest BCUT2D eigenvalue weighted by Gasteiger charge is -2.18. The Kier molecular flexibility index (Phi) is 4.36. The van der Waals surface area contributed by atoms with Crippen molar-refractivity contribution in [3.63, 3.8) is 0 Å². The van der Waals surface area contributed by atoms with Crippen LogP contribution in [0.15, 0.2) is 42.9 Å². The fraction of sp³-hybridized carbons (Fsp3) is 0.421. The third kappa shape index (κ3) is 3.64. The number of phenolic OH excluding ortho intramolecular Hbond substituents is 1. The molecule has 25 heavy (non-hydrogen) atoms. The number of hydrogen-bond acceptors (Lipinski definition) is 6. The Bertz CT molecular complexity index is 721. The van der Waals surface area contributed by atoms with Gasteiger partial charge in [-0.2, -0.15) is 0 Å². The number of likely N-dealkylation sites (tertiary alicyclic amines) is 1. The number of ketones is 1. The molecule has 0 radical (unpaired) electrons. The van der Waals surface area contributed by atoms with Gasteiger partial charge in [-0.25, -0.2) is 4.98 Å². The lowest BCUT2D eigenvalue weighted by Crippen LogP contribution is -2.30. The van der Waals surface area contributed by atoms with Crippen LogP contribution in [-0.2, 0) is 0 Å². The number of carbonyl (C=O) groups excluding carboxylic acids is 1. The molecular formula is C19H21N3O3. The molecule has 6 nitrogen and oxygen atoms in total. The topological polar surface area (TPSA) is 75.6 Å². The van der Waals surface area contributed by atoms with E-state index in [1.54, 1.807) is 42.9 Å². The van der Waals surface area contributed by atoms with Crippen molar-refractivity contribution in [3.05, 3.63) is 48.4 Å². The summed E-state index contributed by atoms with van der Waals surface area (Å²) in [6.45, 7) is 2.32. The number of ether oxygens (including phenoxy) is 1. The SMILES string of the molecule is O=C(CN1C[C@H]2C[C@H](Oc3cnccn3)C[C@H]2C1)c1ccc(O)cc1. The number of aromatic nitrogens is 2. The molecule has 0 bridgehead atoms. The summed E-state index contributed by atoms with van der Waals surface area (Å²) in [5, 5.41) is 9.32. The van der Waals surface area contributed by atoms with Crippen LogP contribution in [0.1, 0.15) is 23.2 Å². The van der Waals surface area contributed by atoms with Crippen LogP contribution in [0.3, 0.4) is 0 Å². The Hall–Kier alpha value is -2.47. The van der Waals surface area contributed by atoms with Crippen molar-refractivity contribution in [2.75, 3.05) is 19.6 Å². The number of aromatic hydroxyl groups is 1. The smallest absolute Gasteiger partial charge is 0.232 e. The van der Waals surface area contributed by atoms with E-state index in [0.717, 1.165) is 25.9 Å². The van der Waals surface area contributed by atoms with Crippen molar-refractivity contribution >= 4 is 5.78 Å². The quantitative estimate of drug-likeness (QED) is 0.841. The summed E-state index contributed by atoms with van der Waals surface area (Å²) in [5.41, 5.74) is 0.652. The minimum absolute atomic E-state index is 0.104. The summed E-state index contributed by atoms with van der Waals surface area (Å²) in [5.74, 6) is 2.03. The molecule has 0 unspecified atom stereocenters. The Morgan fingerprint density at radius 3 is 2.52 bits per heavy atom. The number of fused-ring (bicyclic) bond motifs is 1. The highest BCUT2D eigenvalue weighted by molar-refractivity contribution is 5.97. The van der Waals surface area contributed by atoms with Gasteiger partial charge in [0.1, 0.15) is 11.9 Å². The van der Waals surface area contributed by atoms with E-state index in [4.69, 9.17) is 4.74 Å². The number of rotatable bonds is 5. The summed E-state index contributed by atoms with van der Waals surface area (Å²) >= 11 is 0. The van der Waals surface area contributed by atoms with E-state index < -0.39 is 0 Å². The molecular weight excluding hydrogens is 318 g/mol. The van der Waals surface area contributed by atoms with Gasteiger partial charge in [0.25, 0.3) is 0 Å². The van der Waals surface area contributed by atoms with E-state index in [2.05, 4.69) is 14.9 Å². The van der Waals surface area contributed by atoms with Crippen LogP contribution in [0, 0.1) is 11.8 Å². The number of phenols is 1. The Morgan fingerprint density at radius 2 is 1.88 bits per heavy atom. The monoisotopic (exact) mass is 339 g/mol. The van der Waals surface area contributed by atoms with Gasteiger partial charge in [-0.15, -0.1) is 0 Å². The molecule has 3 atom stereocenters. The van der Waals surface area contributed by atoms with Crippen LogP contribution in [0.5, 0.6) is 11.6 Å². The first-order valence-corrected chi connectivity index (χ1v) is 8.64. The molecule has 1 saturated carbocycles. The Labute approximate surface area is 146 Å². The van der Waals surface area contributed by atoms with Crippen LogP contribution in [0.4, 0.5) is 0 Å². The van der Waals surface area contributed by atoms with Crippen LogP contribution in [-0.4, -0.2) is 51.5 Å². The van der Waals surface area contributed by atoms with E-state index in [-0.39, 0.29) is 17.6 Å². The summed E-state index contributed by atoms with van der Waals surface area (Å²) in [4.78, 5) is 22.8. The van der Waals surface area contributed by atoms with Crippen molar-refractivity contribution in [3.8, 4) is 11.6 Å². The van der Waals surface area contributed by atoms with Gasteiger partial charge < -0.3 is 9.84 Å². The summed E-state index contributed by atoms with van der Waals surface area (Å²) in [6.07, 6.45) is 7.13. The van der Waals surface area contributed by atoms with Crippen molar-refractivity contribution < 1.29 is 14.6 Å². The zero-order valence-corrected chi connectivity index (χ0v) is 13.9. The first-order chi connectivity index (χ1) is 12.2. The lowest BCUT2D eigenvalue weighted by molar-refractivity contribution is 0.0936. The maximum absolute atomic E-state index is 12.4. The second-order valence-corrected chi connectivity index (χ2v) is 6.94. The van der Waals surface area contributed by atoms with Crippen molar-refractivity contribution in [1.29, 1.82) is 0 Å². The summed E-state index contributed by atoms with van der Waals surface area (Å²) in [6, 6.07) is 6.47. The van der Waals surface area contributed by atoms with Gasteiger partial charge in [0.15, 0.2) is 5.78 Å². The maximum Gasteiger partial charge on any atom is 0.232 e. The normalized spacial score (nSPS) is 25.7. The average Bonchev–Trinajstić information content (AvgIpc) is 3.14. The molecule has 0 amide bonds. The number of hydrogen-bond donors (Lipinski definition) is 1. The molecule has 2 fully saturated rings. The summed E-state index contributed by atoms with van der Waals surface area (Å²) in [7, 11) is 0. The molecule has 4 rings (SSSR count). The molecule has 6 heteroatoms. The van der Waals surface area contributed by atoms with E-state index in [0.29, 0.717) is 29.8 Å². The minimum Gasteiger partial charge on any atom is -0.508 e. The number of nitrogens with zero attached hydrogens (tertiary/aromatic N) is 3. The molecule has 2 aliphatic rings. The second-order valence-electron chi connectivity index (χ2n) is 6.94. The molecule has 1 aliphatic carbocycles. The van der Waals surface area contributed by atoms with E-state index in [1.165, 1.54) is 0 Å². The third-order valence-electron chi connectivity index (χ3n) is 5.17. The molecule has 1 aromatic carbocycles. The molecule has 2 aromatic rings. The first kappa shape index (κ1) is 16.0. The van der Waals surface area contributed by atoms with Crippen LogP contribution in [0.25, 0.3) is 0 Å². The van der Waals surface area contributed by atoms with Crippen molar-refractivity contribution in [1.82, 2.24) is 14.9 Å². The zero-order valence-electron chi connectivity index (χ0n) is 13.9. The van der Waals surface area contributed by atoms with Crippen molar-refractivity contribution in [2.45, 2.75) is 18.9 Å². The minimum atomic E-state index is 0.104. The van der Waals surface area contributed by atoms with E-state index in [9.17, 15) is 9.90 Å². The number of Topliss-reactive ketones (excluding diaryl/α,β-unsaturated/α-hetero) is 1. The first-order valence-electron chi connectivity index (χ1n) is 8.64. The number of carbonyl (C=O) groups is 1. The fourth-order valence-corrected chi connectivity index (χ4v) is 4.03. The molecule has 0 spiro atoms. The molecule has 130 valence electrons. The van der Waals surface area contributed by atoms with Gasteiger partial charge in [-0.05, 0) is 48.9 Å². The number of benzene rings is 1. The highest BCUT2D eigenvalue weighted by atomic mass is 16.5. The highest BCUT2D eigenvalue weighted by Gasteiger charge is 2.42. The van der Waals surface area contributed by atoms with E-state index >= 15 is 0 Å². The lowest BCUT2D eigenvalue weighted by atomic mass is 10.0. The predicted molar refractivity (Wildman–Crippen MR) is 91.5 cm³/mol. The van der Waals surface area contributed by atoms with Gasteiger partial charge in [0.05, 0.1) is 12.7 Å². The van der Waals surface area contributed by atoms with Crippen molar-refractivity contribution in [2.24, 2.45) is 11.8 Å². The molecule has 1 saturated heterocycles. The molecule has 2 heterocycles. The largest absolute Gasteiger partial charge is 0.508 e. The van der Waals surface area contributed by atoms with Crippen LogP contribution >= 0.6 is 0 Å². The summed E-state index contributed by atoms with van der Waals surface area (Å²) < 4.78 is 5.93. The van der Waals surface area contributed by atoms with Gasteiger partial charge in [0.2, 0.25) is 5.88 Å². The van der Waals surface area contributed by atoms with Crippen LogP contribution < -0.4 is 4.74 Å². The van der Waals surface area contributed by atoms with E-state index in [1.807, 2.05) is 0 Å². The van der Waals surface area contributed by atoms with Gasteiger partial charge in [0, 0.05) is 31.0 Å². The third-order valence-corrected chi connectivity index (χ3v) is 5.17.